The SMILES string of the molecule is NS(=O)(=O)c1ccc(-c2ccc(C=C3SC(=S)N(CCS(=O)(=O)O)C3=O)o2)cc1. The van der Waals surface area contributed by atoms with E-state index in [1.54, 1.807) is 12.1 Å². The molecule has 1 aromatic carbocycles. The van der Waals surface area contributed by atoms with Crippen molar-refractivity contribution in [1.82, 2.24) is 4.90 Å². The Morgan fingerprint density at radius 3 is 2.38 bits per heavy atom. The lowest BCUT2D eigenvalue weighted by molar-refractivity contribution is -0.121. The van der Waals surface area contributed by atoms with Crippen LogP contribution in [0.15, 0.2) is 50.6 Å². The Balaban J connectivity index is 1.78. The maximum Gasteiger partial charge on any atom is 0.266 e. The summed E-state index contributed by atoms with van der Waals surface area (Å²) in [7, 11) is -8.01. The lowest BCUT2D eigenvalue weighted by Gasteiger charge is -2.12. The van der Waals surface area contributed by atoms with Crippen molar-refractivity contribution in [2.24, 2.45) is 5.14 Å². The number of carbonyl (C=O) groups excluding carboxylic acids is 1. The minimum atomic E-state index is -4.22. The molecule has 0 radical (unpaired) electrons. The minimum absolute atomic E-state index is 0.0263. The third-order valence-electron chi connectivity index (χ3n) is 3.81. The van der Waals surface area contributed by atoms with E-state index in [4.69, 9.17) is 26.3 Å². The van der Waals surface area contributed by atoms with E-state index in [9.17, 15) is 21.6 Å². The second kappa shape index (κ2) is 8.01. The van der Waals surface area contributed by atoms with Crippen molar-refractivity contribution in [3.63, 3.8) is 0 Å². The zero-order chi connectivity index (χ0) is 21.4. The molecule has 0 bridgehead atoms. The molecule has 154 valence electrons. The van der Waals surface area contributed by atoms with Crippen LogP contribution >= 0.6 is 24.0 Å². The summed E-state index contributed by atoms with van der Waals surface area (Å²) in [6.45, 7) is -0.249. The Kier molecular flexibility index (Phi) is 5.98. The van der Waals surface area contributed by atoms with Crippen molar-refractivity contribution in [2.75, 3.05) is 12.3 Å². The maximum absolute atomic E-state index is 12.4. The number of thioether (sulfide) groups is 1. The predicted octanol–water partition coefficient (Wildman–Crippen LogP) is 1.68. The molecule has 2 aromatic rings. The van der Waals surface area contributed by atoms with Crippen molar-refractivity contribution in [1.29, 1.82) is 0 Å². The van der Waals surface area contributed by atoms with Gasteiger partial charge in [-0.25, -0.2) is 13.6 Å². The van der Waals surface area contributed by atoms with Gasteiger partial charge in [-0.05, 0) is 36.4 Å². The van der Waals surface area contributed by atoms with E-state index in [1.807, 2.05) is 0 Å². The lowest BCUT2D eigenvalue weighted by Crippen LogP contribution is -2.32. The molecule has 1 saturated heterocycles. The van der Waals surface area contributed by atoms with Crippen LogP contribution in [-0.2, 0) is 24.9 Å². The van der Waals surface area contributed by atoms with Crippen LogP contribution in [0.5, 0.6) is 0 Å². The first kappa shape index (κ1) is 21.7. The fourth-order valence-corrected chi connectivity index (χ4v) is 4.64. The summed E-state index contributed by atoms with van der Waals surface area (Å²) >= 11 is 6.07. The zero-order valence-electron chi connectivity index (χ0n) is 14.5. The van der Waals surface area contributed by atoms with Gasteiger partial charge in [0.2, 0.25) is 10.0 Å². The monoisotopic (exact) mass is 474 g/mol. The van der Waals surface area contributed by atoms with Crippen LogP contribution in [-0.4, -0.2) is 48.8 Å². The van der Waals surface area contributed by atoms with Gasteiger partial charge < -0.3 is 4.42 Å². The molecule has 1 aromatic heterocycles. The average Bonchev–Trinajstić information content (AvgIpc) is 3.17. The van der Waals surface area contributed by atoms with Gasteiger partial charge in [0.15, 0.2) is 0 Å². The molecule has 0 atom stereocenters. The van der Waals surface area contributed by atoms with Gasteiger partial charge in [-0.2, -0.15) is 8.42 Å². The molecule has 3 rings (SSSR count). The Morgan fingerprint density at radius 2 is 1.79 bits per heavy atom. The number of furan rings is 1. The molecule has 0 saturated carbocycles. The van der Waals surface area contributed by atoms with Crippen LogP contribution < -0.4 is 5.14 Å². The first-order valence-corrected chi connectivity index (χ1v) is 12.3. The Hall–Kier alpha value is -2.03. The number of benzene rings is 1. The van der Waals surface area contributed by atoms with Crippen LogP contribution in [0.25, 0.3) is 17.4 Å². The zero-order valence-corrected chi connectivity index (χ0v) is 17.8. The first-order valence-electron chi connectivity index (χ1n) is 7.88. The van der Waals surface area contributed by atoms with Gasteiger partial charge in [0, 0.05) is 18.2 Å². The van der Waals surface area contributed by atoms with E-state index >= 15 is 0 Å². The highest BCUT2D eigenvalue weighted by atomic mass is 32.2. The highest BCUT2D eigenvalue weighted by Crippen LogP contribution is 2.33. The molecule has 1 amide bonds. The summed E-state index contributed by atoms with van der Waals surface area (Å²) in [5, 5.41) is 5.07. The van der Waals surface area contributed by atoms with E-state index in [0.717, 1.165) is 16.7 Å². The van der Waals surface area contributed by atoms with Gasteiger partial charge in [0.25, 0.3) is 16.0 Å². The molecule has 1 fully saturated rings. The lowest BCUT2D eigenvalue weighted by atomic mass is 10.2. The molecule has 29 heavy (non-hydrogen) atoms. The molecule has 9 nitrogen and oxygen atoms in total. The molecule has 2 heterocycles. The van der Waals surface area contributed by atoms with E-state index in [1.165, 1.54) is 30.3 Å². The van der Waals surface area contributed by atoms with Gasteiger partial charge in [-0.1, -0.05) is 24.0 Å². The predicted molar refractivity (Wildman–Crippen MR) is 112 cm³/mol. The quantitative estimate of drug-likeness (QED) is 0.362. The first-order chi connectivity index (χ1) is 13.4. The van der Waals surface area contributed by atoms with E-state index < -0.39 is 31.8 Å². The van der Waals surface area contributed by atoms with Gasteiger partial charge >= 0.3 is 0 Å². The van der Waals surface area contributed by atoms with Gasteiger partial charge in [0.1, 0.15) is 15.8 Å². The number of rotatable bonds is 6. The normalized spacial score (nSPS) is 16.8. The largest absolute Gasteiger partial charge is 0.457 e. The van der Waals surface area contributed by atoms with Crippen LogP contribution in [0.1, 0.15) is 5.76 Å². The van der Waals surface area contributed by atoms with Crippen LogP contribution in [0.3, 0.4) is 0 Å². The van der Waals surface area contributed by atoms with Gasteiger partial charge in [-0.3, -0.25) is 14.2 Å². The van der Waals surface area contributed by atoms with Crippen molar-refractivity contribution in [3.05, 3.63) is 47.1 Å². The van der Waals surface area contributed by atoms with E-state index in [2.05, 4.69) is 0 Å². The molecule has 1 aliphatic heterocycles. The summed E-state index contributed by atoms with van der Waals surface area (Å²) in [6.07, 6.45) is 1.47. The topological polar surface area (TPSA) is 148 Å². The van der Waals surface area contributed by atoms with Crippen LogP contribution in [0.2, 0.25) is 0 Å². The summed E-state index contributed by atoms with van der Waals surface area (Å²) in [5.74, 6) is -0.310. The molecule has 0 spiro atoms. The average molecular weight is 475 g/mol. The van der Waals surface area contributed by atoms with E-state index in [-0.39, 0.29) is 20.7 Å². The Morgan fingerprint density at radius 1 is 1.14 bits per heavy atom. The number of hydrogen-bond acceptors (Lipinski definition) is 8. The highest BCUT2D eigenvalue weighted by molar-refractivity contribution is 8.26. The standard InChI is InChI=1S/C16H14N2O7S4/c17-29(23,24)12-4-1-10(2-5-12)13-6-3-11(25-13)9-14-15(19)18(16(26)27-14)7-8-28(20,21)22/h1-6,9H,7-8H2,(H2,17,23,24)(H,20,21,22). The number of primary sulfonamides is 1. The molecule has 0 unspecified atom stereocenters. The fraction of sp³-hybridized carbons (Fsp3) is 0.125. The minimum Gasteiger partial charge on any atom is -0.457 e. The van der Waals surface area contributed by atoms with Crippen LogP contribution in [0, 0.1) is 0 Å². The smallest absolute Gasteiger partial charge is 0.266 e. The molecule has 3 N–H and O–H groups in total. The maximum atomic E-state index is 12.4. The van der Waals surface area contributed by atoms with Crippen molar-refractivity contribution >= 4 is 60.4 Å². The summed E-state index contributed by atoms with van der Waals surface area (Å²) in [5.41, 5.74) is 0.609. The molecular weight excluding hydrogens is 460 g/mol. The summed E-state index contributed by atoms with van der Waals surface area (Å²) in [6, 6.07) is 9.05. The van der Waals surface area contributed by atoms with Gasteiger partial charge in [-0.15, -0.1) is 0 Å². The van der Waals surface area contributed by atoms with Crippen molar-refractivity contribution < 1.29 is 30.6 Å². The second-order valence-electron chi connectivity index (χ2n) is 5.89. The fourth-order valence-electron chi connectivity index (χ4n) is 2.42. The number of nitrogens with zero attached hydrogens (tertiary/aromatic N) is 1. The number of hydrogen-bond donors (Lipinski definition) is 2. The Bertz CT molecular complexity index is 1210. The number of sulfonamides is 1. The third kappa shape index (κ3) is 5.32. The number of carbonyl (C=O) groups is 1. The highest BCUT2D eigenvalue weighted by Gasteiger charge is 2.32. The third-order valence-corrected chi connectivity index (χ3v) is 6.82. The summed E-state index contributed by atoms with van der Waals surface area (Å²) in [4.78, 5) is 13.7. The second-order valence-corrected chi connectivity index (χ2v) is 10.7. The summed E-state index contributed by atoms with van der Waals surface area (Å²) < 4.78 is 59.1. The molecule has 0 aliphatic carbocycles. The molecule has 1 aliphatic rings. The van der Waals surface area contributed by atoms with Crippen molar-refractivity contribution in [3.8, 4) is 11.3 Å². The Labute approximate surface area is 176 Å². The number of amides is 1. The molecular formula is C16H14N2O7S4. The van der Waals surface area contributed by atoms with Gasteiger partial charge in [0.05, 0.1) is 15.6 Å². The number of thiocarbonyl (C=S) groups is 1. The molecule has 13 heteroatoms. The van der Waals surface area contributed by atoms with Crippen molar-refractivity contribution in [2.45, 2.75) is 4.90 Å². The van der Waals surface area contributed by atoms with E-state index in [0.29, 0.717) is 17.1 Å². The number of nitrogens with two attached hydrogens (primary N) is 1. The van der Waals surface area contributed by atoms with Crippen LogP contribution in [0.4, 0.5) is 0 Å².